The van der Waals surface area contributed by atoms with Crippen molar-refractivity contribution in [1.29, 1.82) is 0 Å². The van der Waals surface area contributed by atoms with Crippen LogP contribution in [0.3, 0.4) is 0 Å². The maximum Gasteiger partial charge on any atom is 0.303 e. The Balaban J connectivity index is 2.09. The highest BCUT2D eigenvalue weighted by atomic mass is 16.6. The van der Waals surface area contributed by atoms with Gasteiger partial charge in [0.2, 0.25) is 5.91 Å². The number of benzene rings is 1. The lowest BCUT2D eigenvalue weighted by Gasteiger charge is -2.55. The first-order valence-electron chi connectivity index (χ1n) is 6.22. The molecule has 0 unspecified atom stereocenters. The van der Waals surface area contributed by atoms with Crippen LogP contribution in [0.25, 0.3) is 0 Å². The number of hydrogen-bond acceptors (Lipinski definition) is 4. The summed E-state index contributed by atoms with van der Waals surface area (Å²) in [5.41, 5.74) is 0.756. The maximum atomic E-state index is 12.1. The van der Waals surface area contributed by atoms with Gasteiger partial charge in [0.05, 0.1) is 5.92 Å². The first-order chi connectivity index (χ1) is 9.09. The number of fused-ring (bicyclic) bond motifs is 3. The van der Waals surface area contributed by atoms with E-state index >= 15 is 0 Å². The zero-order chi connectivity index (χ0) is 13.6. The summed E-state index contributed by atoms with van der Waals surface area (Å²) in [7, 11) is 1.55. The first kappa shape index (κ1) is 12.2. The van der Waals surface area contributed by atoms with Gasteiger partial charge in [-0.15, -0.1) is 0 Å². The average Bonchev–Trinajstić information content (AvgIpc) is 2.36. The third-order valence-corrected chi connectivity index (χ3v) is 4.01. The van der Waals surface area contributed by atoms with Crippen LogP contribution >= 0.6 is 0 Å². The molecular weight excluding hydrogens is 246 g/mol. The molecule has 2 aliphatic rings. The minimum absolute atomic E-state index is 0.0797. The lowest BCUT2D eigenvalue weighted by Crippen LogP contribution is -2.65. The van der Waals surface area contributed by atoms with Crippen molar-refractivity contribution < 1.29 is 19.1 Å². The van der Waals surface area contributed by atoms with Crippen LogP contribution in [0, 0.1) is 5.92 Å². The molecule has 0 spiro atoms. The maximum absolute atomic E-state index is 12.1. The highest BCUT2D eigenvalue weighted by Gasteiger charge is 2.64. The molecule has 1 aliphatic heterocycles. The fourth-order valence-electron chi connectivity index (χ4n) is 3.16. The first-order valence-corrected chi connectivity index (χ1v) is 6.22. The Labute approximate surface area is 110 Å². The quantitative estimate of drug-likeness (QED) is 0.818. The summed E-state index contributed by atoms with van der Waals surface area (Å²) in [6.45, 7) is 1.37. The second kappa shape index (κ2) is 4.06. The van der Waals surface area contributed by atoms with Crippen LogP contribution in [0.1, 0.15) is 18.9 Å². The molecule has 0 aromatic heterocycles. The van der Waals surface area contributed by atoms with Gasteiger partial charge in [-0.3, -0.25) is 9.59 Å². The fraction of sp³-hybridized carbons (Fsp3) is 0.429. The Kier molecular flexibility index (Phi) is 2.60. The molecular formula is C14H15NO4. The number of para-hydroxylation sites is 1. The molecule has 3 rings (SSSR count). The molecule has 1 amide bonds. The predicted octanol–water partition coefficient (Wildman–Crippen LogP) is 1.43. The molecule has 1 aromatic carbocycles. The van der Waals surface area contributed by atoms with Crippen LogP contribution in [0.2, 0.25) is 0 Å². The van der Waals surface area contributed by atoms with Crippen LogP contribution < -0.4 is 5.32 Å². The smallest absolute Gasteiger partial charge is 0.303 e. The summed E-state index contributed by atoms with van der Waals surface area (Å²) in [6, 6.07) is 7.47. The van der Waals surface area contributed by atoms with Gasteiger partial charge in [-0.1, -0.05) is 18.2 Å². The molecule has 0 bridgehead atoms. The topological polar surface area (TPSA) is 64.6 Å². The van der Waals surface area contributed by atoms with Crippen molar-refractivity contribution in [3.63, 3.8) is 0 Å². The molecule has 0 saturated heterocycles. The Morgan fingerprint density at radius 2 is 2.16 bits per heavy atom. The van der Waals surface area contributed by atoms with Crippen molar-refractivity contribution in [2.75, 3.05) is 12.4 Å². The van der Waals surface area contributed by atoms with Crippen LogP contribution in [-0.2, 0) is 24.7 Å². The minimum atomic E-state index is -0.843. The standard InChI is InChI=1S/C14H15NO4/c1-8(16)19-12-7-10-13(17)15-11-6-4-3-5-9(11)14(10,12)18-2/h3-6,10,12H,7H2,1-2H3,(H,15,17)/t10-,12+,14-/m1/s1. The van der Waals surface area contributed by atoms with E-state index in [0.717, 1.165) is 11.3 Å². The Morgan fingerprint density at radius 1 is 1.42 bits per heavy atom. The van der Waals surface area contributed by atoms with E-state index in [1.165, 1.54) is 6.92 Å². The lowest BCUT2D eigenvalue weighted by atomic mass is 9.60. The monoisotopic (exact) mass is 261 g/mol. The van der Waals surface area contributed by atoms with E-state index in [-0.39, 0.29) is 17.8 Å². The summed E-state index contributed by atoms with van der Waals surface area (Å²) in [5.74, 6) is -0.746. The Bertz CT molecular complexity index is 556. The van der Waals surface area contributed by atoms with Crippen LogP contribution in [-0.4, -0.2) is 25.1 Å². The van der Waals surface area contributed by atoms with Gasteiger partial charge in [0.15, 0.2) is 0 Å². The van der Waals surface area contributed by atoms with E-state index in [0.29, 0.717) is 6.42 Å². The number of anilines is 1. The Morgan fingerprint density at radius 3 is 2.84 bits per heavy atom. The molecule has 100 valence electrons. The molecule has 1 heterocycles. The summed E-state index contributed by atoms with van der Waals surface area (Å²) in [5, 5.41) is 2.86. The second-order valence-corrected chi connectivity index (χ2v) is 4.92. The highest BCUT2D eigenvalue weighted by Crippen LogP contribution is 2.55. The summed E-state index contributed by atoms with van der Waals surface area (Å²) >= 11 is 0. The third kappa shape index (κ3) is 1.51. The fourth-order valence-corrected chi connectivity index (χ4v) is 3.16. The normalized spacial score (nSPS) is 31.6. The van der Waals surface area contributed by atoms with E-state index in [1.807, 2.05) is 24.3 Å². The molecule has 1 N–H and O–H groups in total. The summed E-state index contributed by atoms with van der Waals surface area (Å²) < 4.78 is 11.0. The molecule has 3 atom stereocenters. The highest BCUT2D eigenvalue weighted by molar-refractivity contribution is 5.98. The van der Waals surface area contributed by atoms with Gasteiger partial charge in [0.1, 0.15) is 11.7 Å². The van der Waals surface area contributed by atoms with E-state index < -0.39 is 11.7 Å². The van der Waals surface area contributed by atoms with E-state index in [2.05, 4.69) is 5.32 Å². The van der Waals surface area contributed by atoms with Gasteiger partial charge in [-0.25, -0.2) is 0 Å². The van der Waals surface area contributed by atoms with Gasteiger partial charge in [-0.05, 0) is 6.07 Å². The lowest BCUT2D eigenvalue weighted by molar-refractivity contribution is -0.230. The molecule has 1 aromatic rings. The van der Waals surface area contributed by atoms with Gasteiger partial charge < -0.3 is 14.8 Å². The van der Waals surface area contributed by atoms with E-state index in [9.17, 15) is 9.59 Å². The average molecular weight is 261 g/mol. The Hall–Kier alpha value is -1.88. The molecule has 5 heteroatoms. The zero-order valence-electron chi connectivity index (χ0n) is 10.8. The number of nitrogens with one attached hydrogen (secondary N) is 1. The predicted molar refractivity (Wildman–Crippen MR) is 67.4 cm³/mol. The van der Waals surface area contributed by atoms with E-state index in [1.54, 1.807) is 7.11 Å². The third-order valence-electron chi connectivity index (χ3n) is 4.01. The number of rotatable bonds is 2. The minimum Gasteiger partial charge on any atom is -0.459 e. The molecule has 19 heavy (non-hydrogen) atoms. The zero-order valence-corrected chi connectivity index (χ0v) is 10.8. The van der Waals surface area contributed by atoms with Crippen molar-refractivity contribution >= 4 is 17.6 Å². The number of esters is 1. The van der Waals surface area contributed by atoms with Gasteiger partial charge in [0, 0.05) is 31.7 Å². The van der Waals surface area contributed by atoms with Gasteiger partial charge >= 0.3 is 5.97 Å². The molecule has 1 aliphatic carbocycles. The molecule has 1 saturated carbocycles. The summed E-state index contributed by atoms with van der Waals surface area (Å²) in [6.07, 6.45) is 0.0836. The number of amides is 1. The van der Waals surface area contributed by atoms with Crippen molar-refractivity contribution in [1.82, 2.24) is 0 Å². The van der Waals surface area contributed by atoms with Gasteiger partial charge in [-0.2, -0.15) is 0 Å². The SMILES string of the molecule is CO[C@]12c3ccccc3NC(=O)[C@H]1C[C@@H]2OC(C)=O. The number of carbonyl (C=O) groups is 2. The van der Waals surface area contributed by atoms with Crippen molar-refractivity contribution in [2.45, 2.75) is 25.0 Å². The van der Waals surface area contributed by atoms with Crippen LogP contribution in [0.15, 0.2) is 24.3 Å². The molecule has 5 nitrogen and oxygen atoms in total. The van der Waals surface area contributed by atoms with Crippen molar-refractivity contribution in [3.8, 4) is 0 Å². The number of hydrogen-bond donors (Lipinski definition) is 1. The van der Waals surface area contributed by atoms with Crippen LogP contribution in [0.4, 0.5) is 5.69 Å². The molecule has 1 fully saturated rings. The summed E-state index contributed by atoms with van der Waals surface area (Å²) in [4.78, 5) is 23.3. The number of carbonyl (C=O) groups excluding carboxylic acids is 2. The van der Waals surface area contributed by atoms with E-state index in [4.69, 9.17) is 9.47 Å². The second-order valence-electron chi connectivity index (χ2n) is 4.92. The molecule has 0 radical (unpaired) electrons. The van der Waals surface area contributed by atoms with Crippen LogP contribution in [0.5, 0.6) is 0 Å². The van der Waals surface area contributed by atoms with Crippen molar-refractivity contribution in [3.05, 3.63) is 29.8 Å². The van der Waals surface area contributed by atoms with Gasteiger partial charge in [0.25, 0.3) is 0 Å². The van der Waals surface area contributed by atoms with Crippen molar-refractivity contribution in [2.24, 2.45) is 5.92 Å². The number of methoxy groups -OCH3 is 1. The largest absolute Gasteiger partial charge is 0.459 e. The number of ether oxygens (including phenoxy) is 2.